The Labute approximate surface area is 200 Å². The van der Waals surface area contributed by atoms with E-state index in [1.165, 1.54) is 23.5 Å². The highest BCUT2D eigenvalue weighted by Gasteiger charge is 2.32. The lowest BCUT2D eigenvalue weighted by atomic mass is 9.98. The Morgan fingerprint density at radius 1 is 1.12 bits per heavy atom. The molecule has 1 fully saturated rings. The van der Waals surface area contributed by atoms with Crippen molar-refractivity contribution in [2.75, 3.05) is 6.54 Å². The predicted octanol–water partition coefficient (Wildman–Crippen LogP) is 5.25. The van der Waals surface area contributed by atoms with Crippen molar-refractivity contribution in [2.24, 2.45) is 0 Å². The number of aryl methyl sites for hydroxylation is 2. The molecule has 1 atom stereocenters. The van der Waals surface area contributed by atoms with E-state index in [9.17, 15) is 9.18 Å². The van der Waals surface area contributed by atoms with Crippen molar-refractivity contribution in [3.63, 3.8) is 0 Å². The topological polar surface area (TPSA) is 85.0 Å². The van der Waals surface area contributed by atoms with Crippen LogP contribution >= 0.6 is 11.3 Å². The molecule has 1 saturated heterocycles. The Morgan fingerprint density at radius 2 is 1.94 bits per heavy atom. The first kappa shape index (κ1) is 22.3. The van der Waals surface area contributed by atoms with Crippen LogP contribution in [-0.4, -0.2) is 43.6 Å². The quantitative estimate of drug-likeness (QED) is 0.390. The van der Waals surface area contributed by atoms with Gasteiger partial charge in [0, 0.05) is 24.7 Å². The molecule has 1 aliphatic heterocycles. The number of amides is 1. The van der Waals surface area contributed by atoms with E-state index < -0.39 is 0 Å². The van der Waals surface area contributed by atoms with E-state index in [1.807, 2.05) is 36.9 Å². The van der Waals surface area contributed by atoms with E-state index in [0.29, 0.717) is 36.1 Å². The Morgan fingerprint density at radius 3 is 2.74 bits per heavy atom. The van der Waals surface area contributed by atoms with E-state index in [2.05, 4.69) is 20.2 Å². The molecule has 0 radical (unpaired) electrons. The predicted molar refractivity (Wildman–Crippen MR) is 127 cm³/mol. The fourth-order valence-corrected chi connectivity index (χ4v) is 5.20. The molecule has 7 nitrogen and oxygen atoms in total. The van der Waals surface area contributed by atoms with Gasteiger partial charge in [-0.2, -0.15) is 0 Å². The number of hydrogen-bond donors (Lipinski definition) is 0. The number of pyridine rings is 1. The number of benzene rings is 1. The highest BCUT2D eigenvalue weighted by Crippen LogP contribution is 2.33. The summed E-state index contributed by atoms with van der Waals surface area (Å²) in [5, 5.41) is 9.17. The second-order valence-electron chi connectivity index (χ2n) is 8.43. The van der Waals surface area contributed by atoms with Gasteiger partial charge in [-0.25, -0.2) is 14.4 Å². The Balaban J connectivity index is 1.39. The van der Waals surface area contributed by atoms with Gasteiger partial charge in [0.1, 0.15) is 17.2 Å². The van der Waals surface area contributed by atoms with Crippen LogP contribution in [0.1, 0.15) is 46.3 Å². The van der Waals surface area contributed by atoms with E-state index in [0.717, 1.165) is 40.4 Å². The zero-order valence-electron chi connectivity index (χ0n) is 19.0. The van der Waals surface area contributed by atoms with Crippen LogP contribution in [0, 0.1) is 19.7 Å². The van der Waals surface area contributed by atoms with Crippen LogP contribution in [0.3, 0.4) is 0 Å². The van der Waals surface area contributed by atoms with E-state index in [-0.39, 0.29) is 17.8 Å². The molecule has 0 spiro atoms. The maximum absolute atomic E-state index is 13.7. The van der Waals surface area contributed by atoms with Crippen molar-refractivity contribution in [3.05, 3.63) is 70.6 Å². The molecule has 1 aliphatic rings. The lowest BCUT2D eigenvalue weighted by molar-refractivity contribution is 0.0601. The molecular weight excluding hydrogens is 453 g/mol. The first-order chi connectivity index (χ1) is 16.5. The molecule has 0 saturated carbocycles. The number of carbonyl (C=O) groups excluding carboxylic acids is 1. The SMILES string of the molecule is Cc1cccc(-c2nnc(CC3CCCCN3C(=O)c3nc(C)sc3-c3ccc(F)cc3)o2)n1. The third-order valence-corrected chi connectivity index (χ3v) is 6.94. The van der Waals surface area contributed by atoms with Crippen molar-refractivity contribution in [1.82, 2.24) is 25.1 Å². The number of aromatic nitrogens is 4. The monoisotopic (exact) mass is 477 g/mol. The summed E-state index contributed by atoms with van der Waals surface area (Å²) in [5.74, 6) is 0.430. The fraction of sp³-hybridized carbons (Fsp3) is 0.320. The molecule has 174 valence electrons. The molecular formula is C25H24FN5O2S. The number of nitrogens with zero attached hydrogens (tertiary/aromatic N) is 5. The summed E-state index contributed by atoms with van der Waals surface area (Å²) in [5.41, 5.74) is 2.71. The zero-order chi connectivity index (χ0) is 23.7. The maximum atomic E-state index is 13.7. The number of rotatable bonds is 5. The standard InChI is InChI=1S/C25H24FN5O2S/c1-15-6-5-8-20(27-15)24-30-29-21(33-24)14-19-7-3-4-13-31(19)25(32)22-23(34-16(2)28-22)17-9-11-18(26)12-10-17/h5-6,8-12,19H,3-4,7,13-14H2,1-2H3. The molecule has 34 heavy (non-hydrogen) atoms. The summed E-state index contributed by atoms with van der Waals surface area (Å²) in [6.45, 7) is 4.43. The number of carbonyl (C=O) groups is 1. The first-order valence-electron chi connectivity index (χ1n) is 11.3. The molecule has 3 aromatic heterocycles. The van der Waals surface area contributed by atoms with Gasteiger partial charge in [0.15, 0.2) is 0 Å². The van der Waals surface area contributed by atoms with Gasteiger partial charge in [0.05, 0.1) is 9.88 Å². The van der Waals surface area contributed by atoms with Gasteiger partial charge >= 0.3 is 0 Å². The summed E-state index contributed by atoms with van der Waals surface area (Å²) < 4.78 is 19.3. The Kier molecular flexibility index (Phi) is 6.19. The highest BCUT2D eigenvalue weighted by atomic mass is 32.1. The van der Waals surface area contributed by atoms with Gasteiger partial charge in [0.2, 0.25) is 5.89 Å². The number of likely N-dealkylation sites (tertiary alicyclic amines) is 1. The molecule has 1 aromatic carbocycles. The summed E-state index contributed by atoms with van der Waals surface area (Å²) >= 11 is 1.44. The van der Waals surface area contributed by atoms with Crippen LogP contribution in [-0.2, 0) is 6.42 Å². The summed E-state index contributed by atoms with van der Waals surface area (Å²) in [7, 11) is 0. The number of halogens is 1. The molecule has 0 N–H and O–H groups in total. The summed E-state index contributed by atoms with van der Waals surface area (Å²) in [6, 6.07) is 11.8. The fourth-order valence-electron chi connectivity index (χ4n) is 4.29. The van der Waals surface area contributed by atoms with Crippen LogP contribution in [0.5, 0.6) is 0 Å². The van der Waals surface area contributed by atoms with Crippen LogP contribution < -0.4 is 0 Å². The average Bonchev–Trinajstić information content (AvgIpc) is 3.46. The van der Waals surface area contributed by atoms with Crippen molar-refractivity contribution in [3.8, 4) is 22.0 Å². The molecule has 0 aliphatic carbocycles. The van der Waals surface area contributed by atoms with Gasteiger partial charge in [-0.3, -0.25) is 4.79 Å². The van der Waals surface area contributed by atoms with Crippen molar-refractivity contribution < 1.29 is 13.6 Å². The van der Waals surface area contributed by atoms with E-state index >= 15 is 0 Å². The molecule has 4 heterocycles. The minimum absolute atomic E-state index is 0.0666. The highest BCUT2D eigenvalue weighted by molar-refractivity contribution is 7.15. The van der Waals surface area contributed by atoms with E-state index in [4.69, 9.17) is 4.42 Å². The molecule has 1 amide bonds. The Bertz CT molecular complexity index is 1320. The maximum Gasteiger partial charge on any atom is 0.274 e. The Hall–Kier alpha value is -3.46. The molecule has 4 aromatic rings. The zero-order valence-corrected chi connectivity index (χ0v) is 19.8. The van der Waals surface area contributed by atoms with Gasteiger partial charge in [-0.1, -0.05) is 18.2 Å². The van der Waals surface area contributed by atoms with Gasteiger partial charge in [-0.15, -0.1) is 21.5 Å². The lowest BCUT2D eigenvalue weighted by Gasteiger charge is -2.35. The van der Waals surface area contributed by atoms with Gasteiger partial charge < -0.3 is 9.32 Å². The second-order valence-corrected chi connectivity index (χ2v) is 9.64. The van der Waals surface area contributed by atoms with Crippen molar-refractivity contribution in [2.45, 2.75) is 45.6 Å². The summed E-state index contributed by atoms with van der Waals surface area (Å²) in [6.07, 6.45) is 3.27. The van der Waals surface area contributed by atoms with Crippen molar-refractivity contribution >= 4 is 17.2 Å². The van der Waals surface area contributed by atoms with Crippen LogP contribution in [0.4, 0.5) is 4.39 Å². The number of hydrogen-bond acceptors (Lipinski definition) is 7. The third kappa shape index (κ3) is 4.61. The third-order valence-electron chi connectivity index (χ3n) is 5.92. The first-order valence-corrected chi connectivity index (χ1v) is 12.1. The summed E-state index contributed by atoms with van der Waals surface area (Å²) in [4.78, 5) is 25.3. The molecule has 5 rings (SSSR count). The second kappa shape index (κ2) is 9.42. The molecule has 9 heteroatoms. The van der Waals surface area contributed by atoms with Crippen LogP contribution in [0.25, 0.3) is 22.0 Å². The molecule has 1 unspecified atom stereocenters. The van der Waals surface area contributed by atoms with Crippen molar-refractivity contribution in [1.29, 1.82) is 0 Å². The minimum Gasteiger partial charge on any atom is -0.419 e. The number of thiazole rings is 1. The largest absolute Gasteiger partial charge is 0.419 e. The average molecular weight is 478 g/mol. The number of piperidine rings is 1. The van der Waals surface area contributed by atoms with Gasteiger partial charge in [-0.05, 0) is 62.9 Å². The smallest absolute Gasteiger partial charge is 0.274 e. The van der Waals surface area contributed by atoms with Crippen LogP contribution in [0.15, 0.2) is 46.9 Å². The van der Waals surface area contributed by atoms with E-state index in [1.54, 1.807) is 12.1 Å². The normalized spacial score (nSPS) is 16.1. The minimum atomic E-state index is -0.311. The molecule has 0 bridgehead atoms. The van der Waals surface area contributed by atoms with Gasteiger partial charge in [0.25, 0.3) is 11.8 Å². The van der Waals surface area contributed by atoms with Crippen LogP contribution in [0.2, 0.25) is 0 Å². The lowest BCUT2D eigenvalue weighted by Crippen LogP contribution is -2.45.